The molecule has 2 rings (SSSR count). The van der Waals surface area contributed by atoms with Crippen molar-refractivity contribution >= 4 is 22.9 Å². The lowest BCUT2D eigenvalue weighted by atomic mass is 10.2. The Morgan fingerprint density at radius 1 is 1.64 bits per heavy atom. The zero-order valence-corrected chi connectivity index (χ0v) is 9.61. The van der Waals surface area contributed by atoms with Gasteiger partial charge in [-0.3, -0.25) is 4.90 Å². The van der Waals surface area contributed by atoms with Gasteiger partial charge in [-0.05, 0) is 18.5 Å². The Hall–Kier alpha value is -0.230. The van der Waals surface area contributed by atoms with Crippen LogP contribution in [0.25, 0.3) is 0 Å². The third kappa shape index (κ3) is 2.63. The standard InChI is InChI=1S/C8H13ClN4S/c1-6-4-13(3-2-10-6)5-7-11-12-8(9)14-7/h6,10H,2-5H2,1H3/t6-/m0/s1. The third-order valence-electron chi connectivity index (χ3n) is 2.25. The molecule has 0 radical (unpaired) electrons. The van der Waals surface area contributed by atoms with Crippen LogP contribution >= 0.6 is 22.9 Å². The summed E-state index contributed by atoms with van der Waals surface area (Å²) in [5.74, 6) is 0. The van der Waals surface area contributed by atoms with Gasteiger partial charge in [0.1, 0.15) is 5.01 Å². The van der Waals surface area contributed by atoms with Crippen LogP contribution in [0.2, 0.25) is 4.47 Å². The van der Waals surface area contributed by atoms with Gasteiger partial charge < -0.3 is 5.32 Å². The topological polar surface area (TPSA) is 41.1 Å². The second kappa shape index (κ2) is 4.53. The van der Waals surface area contributed by atoms with Crippen molar-refractivity contribution in [1.29, 1.82) is 0 Å². The van der Waals surface area contributed by atoms with Gasteiger partial charge in [0.25, 0.3) is 0 Å². The molecule has 1 aromatic heterocycles. The monoisotopic (exact) mass is 232 g/mol. The summed E-state index contributed by atoms with van der Waals surface area (Å²) in [5, 5.41) is 12.2. The van der Waals surface area contributed by atoms with E-state index in [-0.39, 0.29) is 0 Å². The summed E-state index contributed by atoms with van der Waals surface area (Å²) in [6, 6.07) is 0.562. The van der Waals surface area contributed by atoms with E-state index in [1.54, 1.807) is 0 Å². The molecule has 4 nitrogen and oxygen atoms in total. The van der Waals surface area contributed by atoms with Gasteiger partial charge in [0, 0.05) is 25.7 Å². The molecule has 2 heterocycles. The largest absolute Gasteiger partial charge is 0.312 e. The molecule has 1 aliphatic rings. The Kier molecular flexibility index (Phi) is 3.33. The Morgan fingerprint density at radius 3 is 3.14 bits per heavy atom. The molecule has 14 heavy (non-hydrogen) atoms. The summed E-state index contributed by atoms with van der Waals surface area (Å²) in [7, 11) is 0. The molecular weight excluding hydrogens is 220 g/mol. The zero-order valence-electron chi connectivity index (χ0n) is 8.03. The van der Waals surface area contributed by atoms with Crippen molar-refractivity contribution in [3.8, 4) is 0 Å². The van der Waals surface area contributed by atoms with Gasteiger partial charge in [0.05, 0.1) is 6.54 Å². The Balaban J connectivity index is 1.90. The number of hydrogen-bond acceptors (Lipinski definition) is 5. The van der Waals surface area contributed by atoms with E-state index in [1.165, 1.54) is 11.3 Å². The molecule has 1 atom stereocenters. The van der Waals surface area contributed by atoms with Gasteiger partial charge in [-0.1, -0.05) is 11.3 Å². The molecule has 0 unspecified atom stereocenters. The van der Waals surface area contributed by atoms with Crippen LogP contribution < -0.4 is 5.32 Å². The summed E-state index contributed by atoms with van der Waals surface area (Å²) in [4.78, 5) is 2.37. The first-order valence-electron chi connectivity index (χ1n) is 4.67. The van der Waals surface area contributed by atoms with E-state index in [1.807, 2.05) is 0 Å². The fourth-order valence-corrected chi connectivity index (χ4v) is 2.55. The SMILES string of the molecule is C[C@H]1CN(Cc2nnc(Cl)s2)CCN1. The van der Waals surface area contributed by atoms with Gasteiger partial charge in [-0.15, -0.1) is 10.2 Å². The van der Waals surface area contributed by atoms with Gasteiger partial charge >= 0.3 is 0 Å². The molecule has 0 aromatic carbocycles. The first-order valence-corrected chi connectivity index (χ1v) is 5.87. The Bertz CT molecular complexity index is 303. The number of nitrogens with one attached hydrogen (secondary N) is 1. The molecule has 78 valence electrons. The summed E-state index contributed by atoms with van der Waals surface area (Å²) in [6.45, 7) is 6.25. The van der Waals surface area contributed by atoms with Crippen LogP contribution in [-0.2, 0) is 6.54 Å². The number of hydrogen-bond donors (Lipinski definition) is 1. The average Bonchev–Trinajstić information content (AvgIpc) is 2.51. The molecule has 0 bridgehead atoms. The van der Waals surface area contributed by atoms with Crippen LogP contribution in [0.1, 0.15) is 11.9 Å². The van der Waals surface area contributed by atoms with Crippen molar-refractivity contribution in [2.24, 2.45) is 0 Å². The van der Waals surface area contributed by atoms with E-state index >= 15 is 0 Å². The molecule has 0 saturated carbocycles. The second-order valence-corrected chi connectivity index (χ2v) is 5.18. The number of halogens is 1. The van der Waals surface area contributed by atoms with E-state index in [4.69, 9.17) is 11.6 Å². The van der Waals surface area contributed by atoms with Crippen LogP contribution in [0.4, 0.5) is 0 Å². The Morgan fingerprint density at radius 2 is 2.50 bits per heavy atom. The molecule has 0 aliphatic carbocycles. The lowest BCUT2D eigenvalue weighted by Gasteiger charge is -2.30. The third-order valence-corrected chi connectivity index (χ3v) is 3.26. The Labute approximate surface area is 92.3 Å². The maximum atomic E-state index is 5.72. The van der Waals surface area contributed by atoms with E-state index in [0.717, 1.165) is 31.2 Å². The maximum absolute atomic E-state index is 5.72. The van der Waals surface area contributed by atoms with Crippen molar-refractivity contribution in [2.45, 2.75) is 19.5 Å². The summed E-state index contributed by atoms with van der Waals surface area (Å²) in [6.07, 6.45) is 0. The first-order chi connectivity index (χ1) is 6.74. The lowest BCUT2D eigenvalue weighted by molar-refractivity contribution is 0.199. The minimum Gasteiger partial charge on any atom is -0.312 e. The smallest absolute Gasteiger partial charge is 0.207 e. The van der Waals surface area contributed by atoms with E-state index < -0.39 is 0 Å². The van der Waals surface area contributed by atoms with Crippen molar-refractivity contribution in [1.82, 2.24) is 20.4 Å². The molecule has 1 N–H and O–H groups in total. The quantitative estimate of drug-likeness (QED) is 0.826. The lowest BCUT2D eigenvalue weighted by Crippen LogP contribution is -2.48. The zero-order chi connectivity index (χ0) is 9.97. The normalized spacial score (nSPS) is 24.0. The summed E-state index contributed by atoms with van der Waals surface area (Å²) in [5.41, 5.74) is 0. The van der Waals surface area contributed by atoms with Crippen molar-refractivity contribution < 1.29 is 0 Å². The van der Waals surface area contributed by atoms with Crippen molar-refractivity contribution in [3.05, 3.63) is 9.47 Å². The highest BCUT2D eigenvalue weighted by atomic mass is 35.5. The number of rotatable bonds is 2. The number of nitrogens with zero attached hydrogens (tertiary/aromatic N) is 3. The molecule has 0 spiro atoms. The molecule has 1 saturated heterocycles. The maximum Gasteiger partial charge on any atom is 0.207 e. The minimum atomic E-state index is 0.531. The van der Waals surface area contributed by atoms with Crippen LogP contribution in [-0.4, -0.2) is 40.8 Å². The molecule has 1 aromatic rings. The van der Waals surface area contributed by atoms with Crippen LogP contribution in [0.15, 0.2) is 0 Å². The van der Waals surface area contributed by atoms with Gasteiger partial charge in [-0.2, -0.15) is 0 Å². The van der Waals surface area contributed by atoms with Gasteiger partial charge in [0.15, 0.2) is 0 Å². The fourth-order valence-electron chi connectivity index (χ4n) is 1.64. The molecule has 1 aliphatic heterocycles. The molecule has 6 heteroatoms. The first kappa shape index (κ1) is 10.3. The molecule has 1 fully saturated rings. The van der Waals surface area contributed by atoms with Crippen LogP contribution in [0, 0.1) is 0 Å². The number of piperazine rings is 1. The van der Waals surface area contributed by atoms with Crippen molar-refractivity contribution in [3.63, 3.8) is 0 Å². The van der Waals surface area contributed by atoms with Gasteiger partial charge in [0.2, 0.25) is 4.47 Å². The average molecular weight is 233 g/mol. The van der Waals surface area contributed by atoms with E-state index in [0.29, 0.717) is 10.5 Å². The van der Waals surface area contributed by atoms with Gasteiger partial charge in [-0.25, -0.2) is 0 Å². The second-order valence-electron chi connectivity index (χ2n) is 3.54. The highest BCUT2D eigenvalue weighted by molar-refractivity contribution is 7.15. The predicted octanol–water partition coefficient (Wildman–Crippen LogP) is 0.985. The summed E-state index contributed by atoms with van der Waals surface area (Å²) >= 11 is 7.18. The predicted molar refractivity (Wildman–Crippen MR) is 57.7 cm³/mol. The van der Waals surface area contributed by atoms with Crippen LogP contribution in [0.3, 0.4) is 0 Å². The highest BCUT2D eigenvalue weighted by Crippen LogP contribution is 2.16. The molecule has 0 amide bonds. The van der Waals surface area contributed by atoms with E-state index in [9.17, 15) is 0 Å². The highest BCUT2D eigenvalue weighted by Gasteiger charge is 2.16. The fraction of sp³-hybridized carbons (Fsp3) is 0.750. The number of aromatic nitrogens is 2. The summed E-state index contributed by atoms with van der Waals surface area (Å²) < 4.78 is 0.531. The van der Waals surface area contributed by atoms with Crippen LogP contribution in [0.5, 0.6) is 0 Å². The molecular formula is C8H13ClN4S. The minimum absolute atomic E-state index is 0.531. The van der Waals surface area contributed by atoms with E-state index in [2.05, 4.69) is 27.3 Å². The van der Waals surface area contributed by atoms with Crippen molar-refractivity contribution in [2.75, 3.05) is 19.6 Å².